The molecule has 33 heavy (non-hydrogen) atoms. The molecule has 184 valence electrons. The van der Waals surface area contributed by atoms with E-state index < -0.39 is 22.9 Å². The van der Waals surface area contributed by atoms with E-state index in [2.05, 4.69) is 40.3 Å². The zero-order chi connectivity index (χ0) is 24.0. The van der Waals surface area contributed by atoms with Crippen LogP contribution in [0.5, 0.6) is 0 Å². The van der Waals surface area contributed by atoms with E-state index in [0.29, 0.717) is 11.8 Å². The maximum absolute atomic E-state index is 12.6. The van der Waals surface area contributed by atoms with Crippen molar-refractivity contribution in [2.45, 2.75) is 98.0 Å². The molecule has 5 rings (SSSR count). The van der Waals surface area contributed by atoms with Gasteiger partial charge >= 0.3 is 5.97 Å². The summed E-state index contributed by atoms with van der Waals surface area (Å²) in [5.74, 6) is 0.270. The average molecular weight is 457 g/mol. The number of aliphatic hydroxyl groups is 2. The summed E-state index contributed by atoms with van der Waals surface area (Å²) in [6.07, 6.45) is 11.0. The molecule has 0 spiro atoms. The van der Waals surface area contributed by atoms with Gasteiger partial charge in [-0.2, -0.15) is 0 Å². The zero-order valence-electron chi connectivity index (χ0n) is 21.1. The minimum Gasteiger partial charge on any atom is -0.481 e. The van der Waals surface area contributed by atoms with Crippen molar-refractivity contribution in [3.8, 4) is 0 Å². The molecule has 0 saturated heterocycles. The Bertz CT molecular complexity index is 907. The summed E-state index contributed by atoms with van der Waals surface area (Å²) in [5, 5.41) is 31.6. The molecule has 3 N–H and O–H groups in total. The van der Waals surface area contributed by atoms with Crippen molar-refractivity contribution >= 4 is 5.97 Å². The Balaban J connectivity index is 1.59. The number of fused-ring (bicyclic) bond motifs is 7. The van der Waals surface area contributed by atoms with Gasteiger partial charge in [0.25, 0.3) is 0 Å². The molecule has 0 amide bonds. The molecular weight excluding hydrogens is 412 g/mol. The minimum absolute atomic E-state index is 0.00316. The fourth-order valence-corrected chi connectivity index (χ4v) is 10.2. The molecule has 4 saturated carbocycles. The van der Waals surface area contributed by atoms with E-state index in [1.165, 1.54) is 11.1 Å². The summed E-state index contributed by atoms with van der Waals surface area (Å²) < 4.78 is 0. The van der Waals surface area contributed by atoms with Crippen LogP contribution in [-0.2, 0) is 4.79 Å². The average Bonchev–Trinajstić information content (AvgIpc) is 2.77. The van der Waals surface area contributed by atoms with Crippen LogP contribution in [0.15, 0.2) is 23.8 Å². The number of hydrogen-bond acceptors (Lipinski definition) is 3. The first-order chi connectivity index (χ1) is 15.4. The van der Waals surface area contributed by atoms with Gasteiger partial charge < -0.3 is 15.3 Å². The van der Waals surface area contributed by atoms with Crippen LogP contribution < -0.4 is 0 Å². The molecule has 0 aromatic heterocycles. The first kappa shape index (κ1) is 23.6. The van der Waals surface area contributed by atoms with Gasteiger partial charge in [0.15, 0.2) is 0 Å². The van der Waals surface area contributed by atoms with Crippen molar-refractivity contribution in [1.29, 1.82) is 0 Å². The highest BCUT2D eigenvalue weighted by Crippen LogP contribution is 2.75. The Morgan fingerprint density at radius 2 is 1.79 bits per heavy atom. The van der Waals surface area contributed by atoms with Crippen LogP contribution in [-0.4, -0.2) is 34.0 Å². The molecule has 0 aromatic rings. The van der Waals surface area contributed by atoms with Crippen molar-refractivity contribution in [2.75, 3.05) is 6.61 Å². The van der Waals surface area contributed by atoms with Crippen LogP contribution in [0.25, 0.3) is 0 Å². The van der Waals surface area contributed by atoms with Crippen LogP contribution in [0.1, 0.15) is 91.9 Å². The number of aliphatic hydroxyl groups excluding tert-OH is 2. The number of hydrogen-bond donors (Lipinski definition) is 3. The molecule has 0 heterocycles. The van der Waals surface area contributed by atoms with Gasteiger partial charge in [-0.15, -0.1) is 0 Å². The molecule has 5 aliphatic carbocycles. The van der Waals surface area contributed by atoms with Gasteiger partial charge in [-0.25, -0.2) is 0 Å². The van der Waals surface area contributed by atoms with Crippen LogP contribution in [0.4, 0.5) is 0 Å². The smallest absolute Gasteiger partial charge is 0.310 e. The topological polar surface area (TPSA) is 77.8 Å². The molecule has 5 aliphatic rings. The summed E-state index contributed by atoms with van der Waals surface area (Å²) in [7, 11) is 0. The first-order valence-corrected chi connectivity index (χ1v) is 13.3. The molecule has 0 radical (unpaired) electrons. The predicted octanol–water partition coefficient (Wildman–Crippen LogP) is 5.74. The summed E-state index contributed by atoms with van der Waals surface area (Å²) in [6, 6.07) is 0. The third-order valence-corrected chi connectivity index (χ3v) is 12.6. The summed E-state index contributed by atoms with van der Waals surface area (Å²) >= 11 is 0. The largest absolute Gasteiger partial charge is 0.481 e. The van der Waals surface area contributed by atoms with E-state index in [9.17, 15) is 20.1 Å². The highest BCUT2D eigenvalue weighted by Gasteiger charge is 2.69. The zero-order valence-corrected chi connectivity index (χ0v) is 21.1. The van der Waals surface area contributed by atoms with Crippen LogP contribution in [0.2, 0.25) is 0 Å². The summed E-state index contributed by atoms with van der Waals surface area (Å²) in [5.41, 5.74) is 1.74. The number of carboxylic acid groups (broad SMARTS) is 1. The van der Waals surface area contributed by atoms with Gasteiger partial charge in [0, 0.05) is 11.3 Å². The van der Waals surface area contributed by atoms with E-state index in [-0.39, 0.29) is 28.8 Å². The van der Waals surface area contributed by atoms with Gasteiger partial charge in [0.05, 0.1) is 18.1 Å². The van der Waals surface area contributed by atoms with Gasteiger partial charge in [0.2, 0.25) is 0 Å². The van der Waals surface area contributed by atoms with Crippen molar-refractivity contribution in [1.82, 2.24) is 0 Å². The Kier molecular flexibility index (Phi) is 5.15. The van der Waals surface area contributed by atoms with Crippen molar-refractivity contribution < 1.29 is 20.1 Å². The van der Waals surface area contributed by atoms with E-state index in [1.807, 2.05) is 0 Å². The molecule has 0 bridgehead atoms. The molecular formula is C29H44O4. The number of aliphatic carboxylic acids is 1. The van der Waals surface area contributed by atoms with Crippen LogP contribution in [0.3, 0.4) is 0 Å². The SMILES string of the molecule is C=C1CC[C@]2(C(=O)O)CC[C@]3(C)C(=CC[C@@H]4[C@@]5(C)CC[C@@H](O)[C@](C)(CO)[C@H]5CC[C@]43C)[C@@H]2C1. The molecule has 0 aromatic carbocycles. The first-order valence-electron chi connectivity index (χ1n) is 13.3. The molecule has 0 aliphatic heterocycles. The summed E-state index contributed by atoms with van der Waals surface area (Å²) in [6.45, 7) is 13.8. The maximum Gasteiger partial charge on any atom is 0.310 e. The third kappa shape index (κ3) is 2.74. The lowest BCUT2D eigenvalue weighted by Crippen LogP contribution is -2.65. The summed E-state index contributed by atoms with van der Waals surface area (Å²) in [4.78, 5) is 12.6. The Hall–Kier alpha value is -1.13. The normalized spacial score (nSPS) is 53.8. The number of allylic oxidation sites excluding steroid dienone is 3. The molecule has 0 unspecified atom stereocenters. The molecule has 4 nitrogen and oxygen atoms in total. The lowest BCUT2D eigenvalue weighted by molar-refractivity contribution is -0.215. The minimum atomic E-state index is -0.624. The highest BCUT2D eigenvalue weighted by molar-refractivity contribution is 5.77. The second kappa shape index (κ2) is 7.20. The fraction of sp³-hybridized carbons (Fsp3) is 0.828. The van der Waals surface area contributed by atoms with Gasteiger partial charge in [-0.05, 0) is 92.3 Å². The van der Waals surface area contributed by atoms with Crippen LogP contribution >= 0.6 is 0 Å². The highest BCUT2D eigenvalue weighted by atomic mass is 16.4. The standard InChI is InChI=1S/C29H44O4/c1-18-8-13-29(24(32)33)15-14-27(4)19(20(29)16-18)6-7-22-25(2)11-10-23(31)26(3,17-30)21(25)9-12-28(22,27)5/h6,20-23,30-31H,1,7-17H2,2-5H3,(H,32,33)/t20-,21-,22+,23+,25-,26+,27+,28+,29-/m0/s1. The number of carbonyl (C=O) groups is 1. The quantitative estimate of drug-likeness (QED) is 0.463. The fourth-order valence-electron chi connectivity index (χ4n) is 10.2. The second-order valence-corrected chi connectivity index (χ2v) is 13.5. The Morgan fingerprint density at radius 3 is 2.45 bits per heavy atom. The lowest BCUT2D eigenvalue weighted by atomic mass is 9.34. The number of rotatable bonds is 2. The maximum atomic E-state index is 12.6. The predicted molar refractivity (Wildman–Crippen MR) is 129 cm³/mol. The van der Waals surface area contributed by atoms with Crippen LogP contribution in [0, 0.1) is 44.8 Å². The second-order valence-electron chi connectivity index (χ2n) is 13.5. The van der Waals surface area contributed by atoms with E-state index in [4.69, 9.17) is 0 Å². The van der Waals surface area contributed by atoms with E-state index >= 15 is 0 Å². The lowest BCUT2D eigenvalue weighted by Gasteiger charge is -2.71. The Morgan fingerprint density at radius 1 is 1.06 bits per heavy atom. The van der Waals surface area contributed by atoms with Gasteiger partial charge in [0.1, 0.15) is 0 Å². The van der Waals surface area contributed by atoms with Gasteiger partial charge in [-0.3, -0.25) is 4.79 Å². The van der Waals surface area contributed by atoms with Gasteiger partial charge in [-0.1, -0.05) is 51.5 Å². The van der Waals surface area contributed by atoms with Crippen molar-refractivity contribution in [2.24, 2.45) is 44.8 Å². The van der Waals surface area contributed by atoms with Crippen molar-refractivity contribution in [3.63, 3.8) is 0 Å². The molecule has 9 atom stereocenters. The Labute approximate surface area is 199 Å². The van der Waals surface area contributed by atoms with E-state index in [0.717, 1.165) is 64.2 Å². The molecule has 4 heteroatoms. The van der Waals surface area contributed by atoms with E-state index in [1.54, 1.807) is 0 Å². The number of carboxylic acids is 1. The third-order valence-electron chi connectivity index (χ3n) is 12.6. The monoisotopic (exact) mass is 456 g/mol. The molecule has 4 fully saturated rings. The van der Waals surface area contributed by atoms with Crippen molar-refractivity contribution in [3.05, 3.63) is 23.8 Å².